The van der Waals surface area contributed by atoms with Crippen LogP contribution in [-0.4, -0.2) is 7.11 Å². The fourth-order valence-corrected chi connectivity index (χ4v) is 1.94. The average Bonchev–Trinajstić information content (AvgIpc) is 2.51. The minimum absolute atomic E-state index is 0.252. The van der Waals surface area contributed by atoms with E-state index in [1.54, 1.807) is 24.3 Å². The lowest BCUT2D eigenvalue weighted by Gasteiger charge is -2.11. The molecule has 2 rings (SSSR count). The fraction of sp³-hybridized carbons (Fsp3) is 0.143. The van der Waals surface area contributed by atoms with E-state index in [-0.39, 0.29) is 6.61 Å². The fourth-order valence-electron chi connectivity index (χ4n) is 1.59. The van der Waals surface area contributed by atoms with Gasteiger partial charge >= 0.3 is 0 Å². The Morgan fingerprint density at radius 2 is 1.43 bits per heavy atom. The molecule has 0 bridgehead atoms. The zero-order chi connectivity index (χ0) is 15.6. The Labute approximate surface area is 126 Å². The molecular formula is C14H9BrF4O2. The molecule has 2 aromatic rings. The van der Waals surface area contributed by atoms with Gasteiger partial charge in [-0.1, -0.05) is 12.1 Å². The van der Waals surface area contributed by atoms with E-state index < -0.39 is 33.5 Å². The molecule has 0 radical (unpaired) electrons. The number of hydrogen-bond acceptors (Lipinski definition) is 2. The van der Waals surface area contributed by atoms with Crippen molar-refractivity contribution in [2.24, 2.45) is 0 Å². The first kappa shape index (κ1) is 15.6. The maximum Gasteiger partial charge on any atom is 0.205 e. The predicted octanol–water partition coefficient (Wildman–Crippen LogP) is 4.59. The van der Waals surface area contributed by atoms with Crippen LogP contribution in [0.15, 0.2) is 28.7 Å². The van der Waals surface area contributed by atoms with Crippen molar-refractivity contribution >= 4 is 15.9 Å². The summed E-state index contributed by atoms with van der Waals surface area (Å²) in [7, 11) is 1.49. The summed E-state index contributed by atoms with van der Waals surface area (Å²) in [6, 6.07) is 6.43. The molecule has 2 nitrogen and oxygen atoms in total. The molecule has 0 aliphatic carbocycles. The molecule has 0 amide bonds. The quantitative estimate of drug-likeness (QED) is 0.448. The predicted molar refractivity (Wildman–Crippen MR) is 71.3 cm³/mol. The molecule has 0 aliphatic heterocycles. The van der Waals surface area contributed by atoms with Crippen LogP contribution >= 0.6 is 15.9 Å². The summed E-state index contributed by atoms with van der Waals surface area (Å²) in [5.41, 5.74) is 0.554. The van der Waals surface area contributed by atoms with Gasteiger partial charge in [0.1, 0.15) is 12.4 Å². The second kappa shape index (κ2) is 6.34. The molecule has 21 heavy (non-hydrogen) atoms. The second-order valence-corrected chi connectivity index (χ2v) is 4.83. The van der Waals surface area contributed by atoms with Crippen LogP contribution in [0.4, 0.5) is 17.6 Å². The maximum absolute atomic E-state index is 13.6. The van der Waals surface area contributed by atoms with Gasteiger partial charge in [0.15, 0.2) is 17.4 Å². The molecule has 0 atom stereocenters. The normalized spacial score (nSPS) is 10.6. The summed E-state index contributed by atoms with van der Waals surface area (Å²) in [6.45, 7) is -0.252. The summed E-state index contributed by atoms with van der Waals surface area (Å²) < 4.78 is 62.7. The Morgan fingerprint density at radius 1 is 0.905 bits per heavy atom. The van der Waals surface area contributed by atoms with Crippen molar-refractivity contribution in [3.05, 3.63) is 57.6 Å². The zero-order valence-electron chi connectivity index (χ0n) is 10.7. The topological polar surface area (TPSA) is 18.5 Å². The van der Waals surface area contributed by atoms with Gasteiger partial charge in [-0.3, -0.25) is 0 Å². The lowest BCUT2D eigenvalue weighted by Crippen LogP contribution is -2.05. The van der Waals surface area contributed by atoms with Crippen molar-refractivity contribution in [2.75, 3.05) is 7.11 Å². The standard InChI is InChI=1S/C14H9BrF4O2/c1-20-8-4-2-7(3-5-8)6-21-14-12(18)10(16)9(15)11(17)13(14)19/h2-5H,6H2,1H3. The van der Waals surface area contributed by atoms with Gasteiger partial charge in [-0.2, -0.15) is 8.78 Å². The Hall–Kier alpha value is -1.76. The van der Waals surface area contributed by atoms with Crippen LogP contribution in [0.3, 0.4) is 0 Å². The van der Waals surface area contributed by atoms with Gasteiger partial charge in [-0.05, 0) is 33.6 Å². The van der Waals surface area contributed by atoms with Gasteiger partial charge in [0.05, 0.1) is 11.6 Å². The average molecular weight is 365 g/mol. The van der Waals surface area contributed by atoms with Gasteiger partial charge in [0.25, 0.3) is 0 Å². The summed E-state index contributed by atoms with van der Waals surface area (Å²) in [4.78, 5) is 0. The first-order chi connectivity index (χ1) is 9.95. The summed E-state index contributed by atoms with van der Waals surface area (Å²) in [5.74, 6) is -6.76. The van der Waals surface area contributed by atoms with E-state index in [1.165, 1.54) is 7.11 Å². The van der Waals surface area contributed by atoms with E-state index >= 15 is 0 Å². The number of benzene rings is 2. The molecule has 0 saturated heterocycles. The Kier molecular flexibility index (Phi) is 4.72. The molecular weight excluding hydrogens is 356 g/mol. The van der Waals surface area contributed by atoms with E-state index in [0.29, 0.717) is 11.3 Å². The van der Waals surface area contributed by atoms with Gasteiger partial charge in [-0.25, -0.2) is 8.78 Å². The largest absolute Gasteiger partial charge is 0.497 e. The highest BCUT2D eigenvalue weighted by Crippen LogP contribution is 2.33. The van der Waals surface area contributed by atoms with Crippen LogP contribution in [0.25, 0.3) is 0 Å². The van der Waals surface area contributed by atoms with Crippen molar-refractivity contribution in [3.8, 4) is 11.5 Å². The van der Waals surface area contributed by atoms with Crippen LogP contribution in [0.5, 0.6) is 11.5 Å². The van der Waals surface area contributed by atoms with Gasteiger partial charge in [-0.15, -0.1) is 0 Å². The SMILES string of the molecule is COc1ccc(COc2c(F)c(F)c(Br)c(F)c2F)cc1. The molecule has 0 aliphatic rings. The number of rotatable bonds is 4. The number of methoxy groups -OCH3 is 1. The summed E-state index contributed by atoms with van der Waals surface area (Å²) in [5, 5.41) is 0. The van der Waals surface area contributed by atoms with Crippen molar-refractivity contribution < 1.29 is 27.0 Å². The third kappa shape index (κ3) is 3.12. The molecule has 0 N–H and O–H groups in total. The van der Waals surface area contributed by atoms with Crippen molar-refractivity contribution in [2.45, 2.75) is 6.61 Å². The monoisotopic (exact) mass is 364 g/mol. The van der Waals surface area contributed by atoms with E-state index in [0.717, 1.165) is 0 Å². The van der Waals surface area contributed by atoms with Crippen LogP contribution in [0.1, 0.15) is 5.56 Å². The minimum atomic E-state index is -1.59. The number of ether oxygens (including phenoxy) is 2. The van der Waals surface area contributed by atoms with Crippen LogP contribution in [0.2, 0.25) is 0 Å². The number of halogens is 5. The minimum Gasteiger partial charge on any atom is -0.497 e. The van der Waals surface area contributed by atoms with Gasteiger partial charge < -0.3 is 9.47 Å². The highest BCUT2D eigenvalue weighted by molar-refractivity contribution is 9.10. The molecule has 2 aromatic carbocycles. The molecule has 0 unspecified atom stereocenters. The highest BCUT2D eigenvalue weighted by atomic mass is 79.9. The Bertz CT molecular complexity index is 630. The van der Waals surface area contributed by atoms with Crippen molar-refractivity contribution in [1.29, 1.82) is 0 Å². The maximum atomic E-state index is 13.6. The van der Waals surface area contributed by atoms with Crippen molar-refractivity contribution in [1.82, 2.24) is 0 Å². The summed E-state index contributed by atoms with van der Waals surface area (Å²) >= 11 is 2.43. The first-order valence-corrected chi connectivity index (χ1v) is 6.52. The molecule has 0 fully saturated rings. The van der Waals surface area contributed by atoms with Gasteiger partial charge in [0, 0.05) is 0 Å². The van der Waals surface area contributed by atoms with Crippen molar-refractivity contribution in [3.63, 3.8) is 0 Å². The molecule has 0 spiro atoms. The second-order valence-electron chi connectivity index (χ2n) is 4.04. The van der Waals surface area contributed by atoms with E-state index in [2.05, 4.69) is 15.9 Å². The van der Waals surface area contributed by atoms with E-state index in [1.807, 2.05) is 0 Å². The third-order valence-electron chi connectivity index (χ3n) is 2.71. The van der Waals surface area contributed by atoms with E-state index in [9.17, 15) is 17.6 Å². The highest BCUT2D eigenvalue weighted by Gasteiger charge is 2.25. The molecule has 0 saturated carbocycles. The lowest BCUT2D eigenvalue weighted by atomic mass is 10.2. The Balaban J connectivity index is 2.23. The van der Waals surface area contributed by atoms with Crippen LogP contribution in [0, 0.1) is 23.3 Å². The third-order valence-corrected chi connectivity index (χ3v) is 3.41. The van der Waals surface area contributed by atoms with E-state index in [4.69, 9.17) is 9.47 Å². The first-order valence-electron chi connectivity index (χ1n) is 5.73. The Morgan fingerprint density at radius 3 is 1.90 bits per heavy atom. The number of hydrogen-bond donors (Lipinski definition) is 0. The molecule has 112 valence electrons. The smallest absolute Gasteiger partial charge is 0.205 e. The molecule has 0 heterocycles. The zero-order valence-corrected chi connectivity index (χ0v) is 12.3. The van der Waals surface area contributed by atoms with Gasteiger partial charge in [0.2, 0.25) is 11.6 Å². The van der Waals surface area contributed by atoms with Crippen LogP contribution < -0.4 is 9.47 Å². The molecule has 7 heteroatoms. The van der Waals surface area contributed by atoms with Crippen LogP contribution in [-0.2, 0) is 6.61 Å². The lowest BCUT2D eigenvalue weighted by molar-refractivity contribution is 0.260. The molecule has 0 aromatic heterocycles. The summed E-state index contributed by atoms with van der Waals surface area (Å²) in [6.07, 6.45) is 0.